The van der Waals surface area contributed by atoms with Gasteiger partial charge >= 0.3 is 0 Å². The molecule has 0 bridgehead atoms. The largest absolute Gasteiger partial charge is 0.373 e. The Kier molecular flexibility index (Phi) is 3.37. The maximum atomic E-state index is 14.2. The average Bonchev–Trinajstić information content (AvgIpc) is 2.82. The maximum Gasteiger partial charge on any atom is 0.146 e. The molecule has 0 radical (unpaired) electrons. The van der Waals surface area contributed by atoms with Crippen LogP contribution < -0.4 is 5.32 Å². The molecule has 1 unspecified atom stereocenters. The minimum atomic E-state index is -0.740. The molecule has 3 heterocycles. The fourth-order valence-electron chi connectivity index (χ4n) is 3.39. The van der Waals surface area contributed by atoms with Crippen LogP contribution in [0.2, 0.25) is 5.15 Å². The Balaban J connectivity index is 2.08. The lowest BCUT2D eigenvalue weighted by Crippen LogP contribution is -2.33. The highest BCUT2D eigenvalue weighted by molar-refractivity contribution is 6.29. The molecule has 4 rings (SSSR count). The molecule has 0 amide bonds. The maximum absolute atomic E-state index is 14.2. The first-order valence-electron chi connectivity index (χ1n) is 7.42. The van der Waals surface area contributed by atoms with E-state index in [1.165, 1.54) is 12.1 Å². The molecule has 3 aromatic rings. The number of nitrogens with one attached hydrogen (secondary N) is 1. The number of halogens is 2. The van der Waals surface area contributed by atoms with Crippen LogP contribution in [0.25, 0.3) is 22.0 Å². The first kappa shape index (κ1) is 14.6. The smallest absolute Gasteiger partial charge is 0.146 e. The zero-order valence-corrected chi connectivity index (χ0v) is 13.2. The number of aliphatic hydroxyl groups excluding tert-OH is 1. The minimum Gasteiger partial charge on any atom is -0.373 e. The molecule has 6 heteroatoms. The molecule has 0 saturated carbocycles. The Bertz CT molecular complexity index is 905. The van der Waals surface area contributed by atoms with Gasteiger partial charge in [0.15, 0.2) is 0 Å². The van der Waals surface area contributed by atoms with Crippen molar-refractivity contribution >= 4 is 22.5 Å². The lowest BCUT2D eigenvalue weighted by molar-refractivity contribution is 0.116. The quantitative estimate of drug-likeness (QED) is 0.672. The third-order valence-electron chi connectivity index (χ3n) is 4.39. The Morgan fingerprint density at radius 3 is 2.96 bits per heavy atom. The van der Waals surface area contributed by atoms with Crippen LogP contribution in [-0.2, 0) is 6.54 Å². The van der Waals surface area contributed by atoms with Crippen LogP contribution in [-0.4, -0.2) is 21.2 Å². The highest BCUT2D eigenvalue weighted by Gasteiger charge is 2.26. The summed E-state index contributed by atoms with van der Waals surface area (Å²) in [7, 11) is 0. The Morgan fingerprint density at radius 1 is 1.39 bits per heavy atom. The van der Waals surface area contributed by atoms with Crippen molar-refractivity contribution in [2.45, 2.75) is 19.7 Å². The summed E-state index contributed by atoms with van der Waals surface area (Å²) in [6.45, 7) is 3.29. The predicted octanol–water partition coefficient (Wildman–Crippen LogP) is 3.40. The van der Waals surface area contributed by atoms with Crippen molar-refractivity contribution in [1.29, 1.82) is 0 Å². The Morgan fingerprint density at radius 2 is 2.22 bits per heavy atom. The topological polar surface area (TPSA) is 50.1 Å². The molecule has 23 heavy (non-hydrogen) atoms. The second-order valence-electron chi connectivity index (χ2n) is 5.74. The molecule has 1 aliphatic rings. The van der Waals surface area contributed by atoms with Gasteiger partial charge < -0.3 is 9.67 Å². The number of benzene rings is 1. The normalized spacial score (nSPS) is 17.5. The van der Waals surface area contributed by atoms with Gasteiger partial charge in [0.2, 0.25) is 0 Å². The van der Waals surface area contributed by atoms with Crippen molar-refractivity contribution in [2.75, 3.05) is 6.54 Å². The fourth-order valence-corrected chi connectivity index (χ4v) is 3.50. The van der Waals surface area contributed by atoms with E-state index in [1.54, 1.807) is 12.3 Å². The van der Waals surface area contributed by atoms with E-state index < -0.39 is 6.23 Å². The van der Waals surface area contributed by atoms with Gasteiger partial charge in [0.25, 0.3) is 0 Å². The van der Waals surface area contributed by atoms with E-state index in [0.717, 1.165) is 39.8 Å². The molecule has 4 nitrogen and oxygen atoms in total. The van der Waals surface area contributed by atoms with Crippen molar-refractivity contribution in [1.82, 2.24) is 14.9 Å². The summed E-state index contributed by atoms with van der Waals surface area (Å²) in [5, 5.41) is 14.5. The van der Waals surface area contributed by atoms with Gasteiger partial charge in [-0.05, 0) is 36.8 Å². The fraction of sp³-hybridized carbons (Fsp3) is 0.235. The lowest BCUT2D eigenvalue weighted by Gasteiger charge is -2.24. The molecule has 0 saturated heterocycles. The predicted molar refractivity (Wildman–Crippen MR) is 87.8 cm³/mol. The molecule has 0 spiro atoms. The Labute approximate surface area is 137 Å². The van der Waals surface area contributed by atoms with Crippen molar-refractivity contribution in [3.05, 3.63) is 52.7 Å². The standard InChI is InChI=1S/C17H15ClFN3O/c1-9-12-6-11(19)7-13(10-2-3-14(18)21-8-10)16(12)22-5-4-20-17(23)15(9)22/h2-3,6-8,17,20,23H,4-5H2,1H3. The second-order valence-corrected chi connectivity index (χ2v) is 6.12. The lowest BCUT2D eigenvalue weighted by atomic mass is 10.0. The monoisotopic (exact) mass is 331 g/mol. The Hall–Kier alpha value is -1.95. The van der Waals surface area contributed by atoms with E-state index in [1.807, 2.05) is 13.0 Å². The van der Waals surface area contributed by atoms with E-state index in [2.05, 4.69) is 14.9 Å². The van der Waals surface area contributed by atoms with Gasteiger partial charge in [0, 0.05) is 35.8 Å². The summed E-state index contributed by atoms with van der Waals surface area (Å²) >= 11 is 5.86. The van der Waals surface area contributed by atoms with Crippen LogP contribution >= 0.6 is 11.6 Å². The minimum absolute atomic E-state index is 0.309. The van der Waals surface area contributed by atoms with E-state index in [9.17, 15) is 9.50 Å². The van der Waals surface area contributed by atoms with Crippen molar-refractivity contribution < 1.29 is 9.50 Å². The van der Waals surface area contributed by atoms with E-state index in [-0.39, 0.29) is 5.82 Å². The van der Waals surface area contributed by atoms with Crippen LogP contribution in [0.3, 0.4) is 0 Å². The number of hydrogen-bond acceptors (Lipinski definition) is 3. The summed E-state index contributed by atoms with van der Waals surface area (Å²) < 4.78 is 16.2. The molecule has 2 N–H and O–H groups in total. The summed E-state index contributed by atoms with van der Waals surface area (Å²) in [5.41, 5.74) is 4.16. The number of pyridine rings is 1. The summed E-state index contributed by atoms with van der Waals surface area (Å²) in [6, 6.07) is 6.55. The van der Waals surface area contributed by atoms with Crippen LogP contribution in [0.5, 0.6) is 0 Å². The number of nitrogens with zero attached hydrogens (tertiary/aromatic N) is 2. The van der Waals surface area contributed by atoms with Crippen LogP contribution in [0.1, 0.15) is 17.5 Å². The second kappa shape index (κ2) is 5.30. The van der Waals surface area contributed by atoms with Gasteiger partial charge in [0.05, 0.1) is 11.2 Å². The van der Waals surface area contributed by atoms with Crippen LogP contribution in [0.15, 0.2) is 30.5 Å². The number of aromatic nitrogens is 2. The molecular weight excluding hydrogens is 317 g/mol. The molecule has 0 aliphatic carbocycles. The highest BCUT2D eigenvalue weighted by atomic mass is 35.5. The number of hydrogen-bond donors (Lipinski definition) is 2. The zero-order valence-electron chi connectivity index (χ0n) is 12.5. The van der Waals surface area contributed by atoms with Gasteiger partial charge in [-0.25, -0.2) is 9.37 Å². The summed E-state index contributed by atoms with van der Waals surface area (Å²) in [5.74, 6) is -0.309. The van der Waals surface area contributed by atoms with Crippen LogP contribution in [0, 0.1) is 12.7 Å². The summed E-state index contributed by atoms with van der Waals surface area (Å²) in [6.07, 6.45) is 0.902. The van der Waals surface area contributed by atoms with E-state index in [0.29, 0.717) is 11.7 Å². The molecule has 1 aliphatic heterocycles. The highest BCUT2D eigenvalue weighted by Crippen LogP contribution is 2.37. The molecule has 2 aromatic heterocycles. The third kappa shape index (κ3) is 2.24. The number of aryl methyl sites for hydroxylation is 1. The number of rotatable bonds is 1. The number of aliphatic hydroxyl groups is 1. The van der Waals surface area contributed by atoms with E-state index in [4.69, 9.17) is 11.6 Å². The van der Waals surface area contributed by atoms with Gasteiger partial charge in [-0.3, -0.25) is 5.32 Å². The third-order valence-corrected chi connectivity index (χ3v) is 4.62. The molecule has 118 valence electrons. The van der Waals surface area contributed by atoms with Crippen LogP contribution in [0.4, 0.5) is 4.39 Å². The molecule has 0 fully saturated rings. The first-order chi connectivity index (χ1) is 11.1. The van der Waals surface area contributed by atoms with Gasteiger partial charge in [-0.2, -0.15) is 0 Å². The summed E-state index contributed by atoms with van der Waals surface area (Å²) in [4.78, 5) is 4.10. The van der Waals surface area contributed by atoms with Gasteiger partial charge in [-0.15, -0.1) is 0 Å². The van der Waals surface area contributed by atoms with Gasteiger partial charge in [0.1, 0.15) is 17.2 Å². The van der Waals surface area contributed by atoms with Crippen molar-refractivity contribution in [2.24, 2.45) is 0 Å². The molecular formula is C17H15ClFN3O. The zero-order chi connectivity index (χ0) is 16.1. The van der Waals surface area contributed by atoms with Crippen molar-refractivity contribution in [3.63, 3.8) is 0 Å². The molecule has 1 atom stereocenters. The average molecular weight is 332 g/mol. The van der Waals surface area contributed by atoms with Gasteiger partial charge in [-0.1, -0.05) is 11.6 Å². The number of fused-ring (bicyclic) bond motifs is 3. The van der Waals surface area contributed by atoms with E-state index >= 15 is 0 Å². The van der Waals surface area contributed by atoms with Crippen molar-refractivity contribution in [3.8, 4) is 11.1 Å². The molecule has 1 aromatic carbocycles. The first-order valence-corrected chi connectivity index (χ1v) is 7.79. The SMILES string of the molecule is Cc1c2n(c3c(-c4ccc(Cl)nc4)cc(F)cc13)CCNC2O.